The molecule has 0 fully saturated rings. The Labute approximate surface area is 167 Å². The number of aromatic amines is 1. The first-order chi connectivity index (χ1) is 14.1. The summed E-state index contributed by atoms with van der Waals surface area (Å²) in [4.78, 5) is 31.6. The fraction of sp³-hybridized carbons (Fsp3) is 0.0870. The summed E-state index contributed by atoms with van der Waals surface area (Å²) in [7, 11) is 0. The highest BCUT2D eigenvalue weighted by Gasteiger charge is 2.07. The Balaban J connectivity index is 1.42. The van der Waals surface area contributed by atoms with E-state index in [1.807, 2.05) is 37.3 Å². The molecule has 0 unspecified atom stereocenters. The largest absolute Gasteiger partial charge is 0.484 e. The molecule has 29 heavy (non-hydrogen) atoms. The molecule has 0 saturated heterocycles. The quantitative estimate of drug-likeness (QED) is 0.545. The standard InChI is InChI=1S/C23H19N3O3/c1-15-6-10-17(11-7-15)24-21(27)14-29-18-12-8-16(9-13-18)22-25-20-5-3-2-4-19(20)23(28)26-22/h2-13H,14H2,1H3,(H,24,27)(H,25,26,28). The number of para-hydroxylation sites is 1. The highest BCUT2D eigenvalue weighted by atomic mass is 16.5. The van der Waals surface area contributed by atoms with Gasteiger partial charge in [0.15, 0.2) is 6.61 Å². The van der Waals surface area contributed by atoms with Crippen LogP contribution >= 0.6 is 0 Å². The van der Waals surface area contributed by atoms with Crippen molar-refractivity contribution in [3.8, 4) is 17.1 Å². The van der Waals surface area contributed by atoms with Crippen LogP contribution < -0.4 is 15.6 Å². The number of fused-ring (bicyclic) bond motifs is 1. The molecule has 0 aliphatic rings. The van der Waals surface area contributed by atoms with Gasteiger partial charge in [-0.25, -0.2) is 4.98 Å². The lowest BCUT2D eigenvalue weighted by atomic mass is 10.2. The van der Waals surface area contributed by atoms with Crippen molar-refractivity contribution in [3.63, 3.8) is 0 Å². The van der Waals surface area contributed by atoms with Crippen LogP contribution in [0, 0.1) is 6.92 Å². The Morgan fingerprint density at radius 3 is 2.48 bits per heavy atom. The van der Waals surface area contributed by atoms with Crippen molar-refractivity contribution in [2.45, 2.75) is 6.92 Å². The van der Waals surface area contributed by atoms with Gasteiger partial charge in [-0.2, -0.15) is 0 Å². The number of ether oxygens (including phenoxy) is 1. The molecular formula is C23H19N3O3. The van der Waals surface area contributed by atoms with Gasteiger partial charge >= 0.3 is 0 Å². The van der Waals surface area contributed by atoms with Crippen LogP contribution in [-0.4, -0.2) is 22.5 Å². The van der Waals surface area contributed by atoms with Gasteiger partial charge in [-0.1, -0.05) is 29.8 Å². The number of aromatic nitrogens is 2. The fourth-order valence-corrected chi connectivity index (χ4v) is 2.92. The molecule has 2 N–H and O–H groups in total. The van der Waals surface area contributed by atoms with Gasteiger partial charge in [0.1, 0.15) is 11.6 Å². The molecule has 6 heteroatoms. The van der Waals surface area contributed by atoms with Gasteiger partial charge in [0.05, 0.1) is 10.9 Å². The number of carbonyl (C=O) groups is 1. The Bertz CT molecular complexity index is 1210. The average molecular weight is 385 g/mol. The number of amides is 1. The summed E-state index contributed by atoms with van der Waals surface area (Å²) in [5.74, 6) is 0.798. The fourth-order valence-electron chi connectivity index (χ4n) is 2.92. The second-order valence-corrected chi connectivity index (χ2v) is 6.66. The van der Waals surface area contributed by atoms with Gasteiger partial charge in [0, 0.05) is 11.3 Å². The second-order valence-electron chi connectivity index (χ2n) is 6.66. The van der Waals surface area contributed by atoms with Crippen molar-refractivity contribution in [2.24, 2.45) is 0 Å². The van der Waals surface area contributed by atoms with Crippen molar-refractivity contribution >= 4 is 22.5 Å². The van der Waals surface area contributed by atoms with E-state index in [1.54, 1.807) is 42.5 Å². The molecule has 3 aromatic carbocycles. The van der Waals surface area contributed by atoms with E-state index in [0.29, 0.717) is 22.5 Å². The molecule has 6 nitrogen and oxygen atoms in total. The Kier molecular flexibility index (Phi) is 5.07. The first kappa shape index (κ1) is 18.4. The Morgan fingerprint density at radius 2 is 1.72 bits per heavy atom. The smallest absolute Gasteiger partial charge is 0.262 e. The molecule has 1 aromatic heterocycles. The van der Waals surface area contributed by atoms with Crippen LogP contribution in [0.3, 0.4) is 0 Å². The molecule has 0 saturated carbocycles. The molecule has 0 aliphatic carbocycles. The van der Waals surface area contributed by atoms with Gasteiger partial charge in [-0.3, -0.25) is 9.59 Å². The van der Waals surface area contributed by atoms with Crippen LogP contribution in [0.1, 0.15) is 5.56 Å². The van der Waals surface area contributed by atoms with Crippen molar-refractivity contribution in [1.82, 2.24) is 9.97 Å². The summed E-state index contributed by atoms with van der Waals surface area (Å²) in [5.41, 5.74) is 3.06. The summed E-state index contributed by atoms with van der Waals surface area (Å²) in [5, 5.41) is 3.34. The van der Waals surface area contributed by atoms with Gasteiger partial charge in [-0.05, 0) is 55.5 Å². The van der Waals surface area contributed by atoms with E-state index in [-0.39, 0.29) is 18.1 Å². The lowest BCUT2D eigenvalue weighted by Gasteiger charge is -2.09. The van der Waals surface area contributed by atoms with Crippen LogP contribution in [0.5, 0.6) is 5.75 Å². The van der Waals surface area contributed by atoms with Crippen LogP contribution in [0.25, 0.3) is 22.3 Å². The summed E-state index contributed by atoms with van der Waals surface area (Å²) in [6.45, 7) is 1.89. The zero-order valence-electron chi connectivity index (χ0n) is 15.8. The van der Waals surface area contributed by atoms with Crippen molar-refractivity contribution in [1.29, 1.82) is 0 Å². The lowest BCUT2D eigenvalue weighted by molar-refractivity contribution is -0.118. The minimum absolute atomic E-state index is 0.0989. The number of benzene rings is 3. The highest BCUT2D eigenvalue weighted by molar-refractivity contribution is 5.91. The third-order valence-electron chi connectivity index (χ3n) is 4.45. The van der Waals surface area contributed by atoms with Gasteiger partial charge in [0.25, 0.3) is 11.5 Å². The minimum Gasteiger partial charge on any atom is -0.484 e. The zero-order chi connectivity index (χ0) is 20.2. The highest BCUT2D eigenvalue weighted by Crippen LogP contribution is 2.20. The SMILES string of the molecule is Cc1ccc(NC(=O)COc2ccc(-c3nc4ccccc4c(=O)[nH]3)cc2)cc1. The topological polar surface area (TPSA) is 84.1 Å². The first-order valence-electron chi connectivity index (χ1n) is 9.17. The van der Waals surface area contributed by atoms with Crippen LogP contribution in [0.4, 0.5) is 5.69 Å². The number of nitrogens with one attached hydrogen (secondary N) is 2. The monoisotopic (exact) mass is 385 g/mol. The minimum atomic E-state index is -0.238. The number of nitrogens with zero attached hydrogens (tertiary/aromatic N) is 1. The predicted octanol–water partition coefficient (Wildman–Crippen LogP) is 3.92. The number of hydrogen-bond donors (Lipinski definition) is 2. The average Bonchev–Trinajstić information content (AvgIpc) is 2.74. The summed E-state index contributed by atoms with van der Waals surface area (Å²) in [6, 6.07) is 21.8. The summed E-state index contributed by atoms with van der Waals surface area (Å²) >= 11 is 0. The van der Waals surface area contributed by atoms with E-state index in [0.717, 1.165) is 16.8 Å². The molecule has 0 aliphatic heterocycles. The summed E-state index contributed by atoms with van der Waals surface area (Å²) < 4.78 is 5.54. The molecule has 1 amide bonds. The number of rotatable bonds is 5. The second kappa shape index (κ2) is 7.98. The molecule has 4 aromatic rings. The van der Waals surface area contributed by atoms with Crippen molar-refractivity contribution in [3.05, 3.63) is 88.7 Å². The number of carbonyl (C=O) groups excluding carboxylic acids is 1. The van der Waals surface area contributed by atoms with E-state index in [9.17, 15) is 9.59 Å². The molecule has 0 bridgehead atoms. The summed E-state index contributed by atoms with van der Waals surface area (Å²) in [6.07, 6.45) is 0. The third kappa shape index (κ3) is 4.32. The van der Waals surface area contributed by atoms with E-state index in [1.165, 1.54) is 0 Å². The maximum atomic E-state index is 12.2. The normalized spacial score (nSPS) is 10.7. The zero-order valence-corrected chi connectivity index (χ0v) is 15.8. The number of aryl methyl sites for hydroxylation is 1. The molecule has 0 atom stereocenters. The van der Waals surface area contributed by atoms with E-state index >= 15 is 0 Å². The molecular weight excluding hydrogens is 366 g/mol. The Morgan fingerprint density at radius 1 is 1.00 bits per heavy atom. The maximum absolute atomic E-state index is 12.2. The van der Waals surface area contributed by atoms with Crippen LogP contribution in [0.15, 0.2) is 77.6 Å². The van der Waals surface area contributed by atoms with Gasteiger partial charge in [-0.15, -0.1) is 0 Å². The molecule has 4 rings (SSSR count). The number of H-pyrrole nitrogens is 1. The van der Waals surface area contributed by atoms with E-state index in [2.05, 4.69) is 15.3 Å². The van der Waals surface area contributed by atoms with E-state index in [4.69, 9.17) is 4.74 Å². The number of hydrogen-bond acceptors (Lipinski definition) is 4. The molecule has 1 heterocycles. The lowest BCUT2D eigenvalue weighted by Crippen LogP contribution is -2.20. The molecule has 0 radical (unpaired) electrons. The maximum Gasteiger partial charge on any atom is 0.262 e. The molecule has 144 valence electrons. The first-order valence-corrected chi connectivity index (χ1v) is 9.17. The van der Waals surface area contributed by atoms with Gasteiger partial charge in [0.2, 0.25) is 0 Å². The van der Waals surface area contributed by atoms with Crippen molar-refractivity contribution < 1.29 is 9.53 Å². The Hall–Kier alpha value is -3.93. The predicted molar refractivity (Wildman–Crippen MR) is 113 cm³/mol. The number of anilines is 1. The van der Waals surface area contributed by atoms with Gasteiger partial charge < -0.3 is 15.0 Å². The van der Waals surface area contributed by atoms with Crippen LogP contribution in [-0.2, 0) is 4.79 Å². The van der Waals surface area contributed by atoms with E-state index < -0.39 is 0 Å². The van der Waals surface area contributed by atoms with Crippen molar-refractivity contribution in [2.75, 3.05) is 11.9 Å². The third-order valence-corrected chi connectivity index (χ3v) is 4.45. The van der Waals surface area contributed by atoms with Crippen LogP contribution in [0.2, 0.25) is 0 Å². The molecule has 0 spiro atoms.